The Labute approximate surface area is 493 Å². The van der Waals surface area contributed by atoms with Gasteiger partial charge in [-0.05, 0) is 149 Å². The molecule has 6 aromatic rings. The first kappa shape index (κ1) is 64.9. The number of nitrogens with zero attached hydrogens (tertiary/aromatic N) is 2. The molecule has 2 aliphatic carbocycles. The number of anilines is 2. The number of ether oxygens (including phenoxy) is 1. The lowest BCUT2D eigenvalue weighted by Crippen LogP contribution is -2.40. The summed E-state index contributed by atoms with van der Waals surface area (Å²) < 4.78 is 65.0. The van der Waals surface area contributed by atoms with Crippen molar-refractivity contribution in [1.82, 2.24) is 35.4 Å². The maximum atomic E-state index is 13.6. The van der Waals surface area contributed by atoms with Gasteiger partial charge in [0, 0.05) is 83.0 Å². The van der Waals surface area contributed by atoms with Crippen LogP contribution in [0, 0.1) is 0 Å². The average Bonchev–Trinajstić information content (AvgIpc) is 4.15. The van der Waals surface area contributed by atoms with Gasteiger partial charge in [0.1, 0.15) is 5.60 Å². The molecule has 18 nitrogen and oxygen atoms in total. The van der Waals surface area contributed by atoms with E-state index in [0.29, 0.717) is 41.5 Å². The van der Waals surface area contributed by atoms with Crippen molar-refractivity contribution in [2.24, 2.45) is 5.73 Å². The lowest BCUT2D eigenvalue weighted by atomic mass is 9.86. The molecule has 0 saturated heterocycles. The van der Waals surface area contributed by atoms with Crippen LogP contribution in [0.25, 0.3) is 20.9 Å². The van der Waals surface area contributed by atoms with Gasteiger partial charge in [0.25, 0.3) is 0 Å². The summed E-state index contributed by atoms with van der Waals surface area (Å²) in [5, 5.41) is 16.0. The van der Waals surface area contributed by atoms with Crippen molar-refractivity contribution in [1.29, 1.82) is 0 Å². The van der Waals surface area contributed by atoms with E-state index in [0.717, 1.165) is 82.3 Å². The number of alkyl carbamates (subject to hydrolysis) is 1. The second kappa shape index (κ2) is 27.9. The van der Waals surface area contributed by atoms with E-state index >= 15 is 0 Å². The third kappa shape index (κ3) is 19.7. The molecular weight excluding hydrogens is 1120 g/mol. The van der Waals surface area contributed by atoms with Crippen LogP contribution in [0.4, 0.5) is 25.8 Å². The largest absolute Gasteiger partial charge is 0.444 e. The number of carbonyl (C=O) groups is 3. The number of hydrogen-bond donors (Lipinski definition) is 8. The highest BCUT2D eigenvalue weighted by Gasteiger charge is 2.31. The third-order valence-corrected chi connectivity index (χ3v) is 19.0. The molecule has 8 rings (SSSR count). The molecule has 0 unspecified atom stereocenters. The predicted octanol–water partition coefficient (Wildman–Crippen LogP) is 12.6. The van der Waals surface area contributed by atoms with Gasteiger partial charge in [0.2, 0.25) is 20.0 Å². The van der Waals surface area contributed by atoms with Gasteiger partial charge in [-0.25, -0.2) is 50.6 Å². The summed E-state index contributed by atoms with van der Waals surface area (Å²) in [7, 11) is -7.85. The number of thiazole rings is 2. The van der Waals surface area contributed by atoms with Crippen molar-refractivity contribution in [3.05, 3.63) is 131 Å². The first-order valence-electron chi connectivity index (χ1n) is 27.3. The number of nitrogens with one attached hydrogen (secondary N) is 7. The Hall–Kier alpha value is -6.27. The zero-order valence-electron chi connectivity index (χ0n) is 47.6. The summed E-state index contributed by atoms with van der Waals surface area (Å²) in [6.07, 6.45) is 10.3. The number of benzene rings is 4. The molecular formula is C60H82N10O8S4. The Balaban J connectivity index is 0.000000264. The lowest BCUT2D eigenvalue weighted by Gasteiger charge is -2.29. The fourth-order valence-electron chi connectivity index (χ4n) is 9.40. The number of sulfonamides is 2. The second-order valence-electron chi connectivity index (χ2n) is 23.7. The highest BCUT2D eigenvalue weighted by atomic mass is 32.2. The van der Waals surface area contributed by atoms with Crippen LogP contribution in [0.15, 0.2) is 119 Å². The van der Waals surface area contributed by atoms with Gasteiger partial charge in [0.05, 0.1) is 29.6 Å². The average molecular weight is 1200 g/mol. The molecule has 0 atom stereocenters. The number of urea groups is 2. The molecule has 0 bridgehead atoms. The fraction of sp³-hybridized carbons (Fsp3) is 0.450. The standard InChI is InChI=1S/C32H43N5O5S2.C27H35N5O3S2.CH4/c1-31(2,3)37-44(40,41)27-18-24(35-29(38)34-19-21-10-8-7-9-11-21)16-17-25(27)26-20-33-28(43-26)22-12-14-23(15-13-22)36-30(39)42-32(4,5)6;1-27(2,3)32-37(34,35)24-15-21(31-26(33)30-16-18-7-5-4-6-8-18)13-14-22(24)23-17-29-25(36-23)19-9-11-20(28)12-10-19;/h7-11,16-18,20,22-23,37H,12-15,19H2,1-6H3,(H,36,39)(H2,34,35,38);4-8,13-15,17,19-20,32H,9-12,16,28H2,1-3H3,(H2,30,31,33);1H4. The van der Waals surface area contributed by atoms with Crippen LogP contribution < -0.4 is 41.8 Å². The van der Waals surface area contributed by atoms with Crippen LogP contribution in [0.3, 0.4) is 0 Å². The van der Waals surface area contributed by atoms with E-state index in [1.165, 1.54) is 34.8 Å². The number of rotatable bonds is 15. The summed E-state index contributed by atoms with van der Waals surface area (Å²) in [5.41, 5.74) is 7.86. The number of aromatic nitrogens is 2. The van der Waals surface area contributed by atoms with Gasteiger partial charge in [-0.15, -0.1) is 22.7 Å². The molecule has 4 aromatic carbocycles. The summed E-state index contributed by atoms with van der Waals surface area (Å²) in [5.74, 6) is 0.563. The molecule has 2 saturated carbocycles. The van der Waals surface area contributed by atoms with Crippen LogP contribution >= 0.6 is 22.7 Å². The number of amides is 5. The molecule has 0 spiro atoms. The van der Waals surface area contributed by atoms with Gasteiger partial charge < -0.3 is 37.1 Å². The van der Waals surface area contributed by atoms with Crippen molar-refractivity contribution < 1.29 is 36.0 Å². The highest BCUT2D eigenvalue weighted by Crippen LogP contribution is 2.42. The minimum Gasteiger partial charge on any atom is -0.444 e. The molecule has 5 amide bonds. The minimum absolute atomic E-state index is 0. The van der Waals surface area contributed by atoms with E-state index < -0.39 is 54.9 Å². The van der Waals surface area contributed by atoms with Gasteiger partial charge >= 0.3 is 18.2 Å². The Morgan fingerprint density at radius 1 is 0.573 bits per heavy atom. The highest BCUT2D eigenvalue weighted by molar-refractivity contribution is 7.90. The maximum absolute atomic E-state index is 13.6. The molecule has 9 N–H and O–H groups in total. The topological polar surface area (TPSA) is 265 Å². The predicted molar refractivity (Wildman–Crippen MR) is 330 cm³/mol. The van der Waals surface area contributed by atoms with E-state index in [9.17, 15) is 31.2 Å². The monoisotopic (exact) mass is 1200 g/mol. The van der Waals surface area contributed by atoms with Crippen LogP contribution in [-0.4, -0.2) is 73.7 Å². The number of hydrogen-bond acceptors (Lipinski definition) is 13. The summed E-state index contributed by atoms with van der Waals surface area (Å²) in [6, 6.07) is 28.4. The van der Waals surface area contributed by atoms with Crippen LogP contribution in [0.1, 0.15) is 154 Å². The van der Waals surface area contributed by atoms with Gasteiger partial charge in [-0.1, -0.05) is 80.2 Å². The van der Waals surface area contributed by atoms with E-state index in [-0.39, 0.29) is 35.2 Å². The molecule has 22 heteroatoms. The Morgan fingerprint density at radius 3 is 1.34 bits per heavy atom. The summed E-state index contributed by atoms with van der Waals surface area (Å²) in [4.78, 5) is 48.3. The summed E-state index contributed by atoms with van der Waals surface area (Å²) >= 11 is 3.00. The Morgan fingerprint density at radius 2 is 0.963 bits per heavy atom. The van der Waals surface area contributed by atoms with Crippen molar-refractivity contribution in [3.63, 3.8) is 0 Å². The van der Waals surface area contributed by atoms with Crippen LogP contribution in [0.5, 0.6) is 0 Å². The van der Waals surface area contributed by atoms with Crippen molar-refractivity contribution in [3.8, 4) is 20.9 Å². The summed E-state index contributed by atoms with van der Waals surface area (Å²) in [6.45, 7) is 16.9. The molecule has 2 fully saturated rings. The van der Waals surface area contributed by atoms with Gasteiger partial charge in [0.15, 0.2) is 0 Å². The molecule has 0 radical (unpaired) electrons. The van der Waals surface area contributed by atoms with E-state index in [2.05, 4.69) is 46.0 Å². The second-order valence-corrected chi connectivity index (χ2v) is 29.1. The number of carbonyl (C=O) groups excluding carboxylic acids is 3. The van der Waals surface area contributed by atoms with Crippen molar-refractivity contribution in [2.75, 3.05) is 10.6 Å². The van der Waals surface area contributed by atoms with E-state index in [4.69, 9.17) is 10.5 Å². The van der Waals surface area contributed by atoms with E-state index in [1.807, 2.05) is 81.4 Å². The fourth-order valence-corrected chi connectivity index (χ4v) is 15.1. The van der Waals surface area contributed by atoms with Crippen LogP contribution in [-0.2, 0) is 37.9 Å². The maximum Gasteiger partial charge on any atom is 0.407 e. The quantitative estimate of drug-likeness (QED) is 0.0479. The first-order chi connectivity index (χ1) is 38.1. The normalized spacial score (nSPS) is 17.7. The van der Waals surface area contributed by atoms with Crippen molar-refractivity contribution >= 4 is 72.3 Å². The Kier molecular flexibility index (Phi) is 22.1. The van der Waals surface area contributed by atoms with Gasteiger partial charge in [-0.3, -0.25) is 0 Å². The molecule has 444 valence electrons. The molecule has 82 heavy (non-hydrogen) atoms. The zero-order chi connectivity index (χ0) is 58.8. The molecule has 2 aliphatic rings. The van der Waals surface area contributed by atoms with Gasteiger partial charge in [-0.2, -0.15) is 0 Å². The minimum atomic E-state index is -3.95. The SMILES string of the molecule is C.CC(C)(C)NS(=O)(=O)c1cc(NC(=O)NCc2ccccc2)ccc1-c1cnc(C2CCC(N)CC2)s1.CC(C)(C)NS(=O)(=O)c1cc(NC(=O)NCc2ccccc2)ccc1-c1cnc(C2CCC(NC(=O)OC(C)(C)C)CC2)s1. The van der Waals surface area contributed by atoms with Crippen molar-refractivity contribution in [2.45, 2.75) is 185 Å². The molecule has 0 aliphatic heterocycles. The Bertz CT molecular complexity index is 3320. The zero-order valence-corrected chi connectivity index (χ0v) is 50.9. The number of nitrogens with two attached hydrogens (primary N) is 1. The first-order valence-corrected chi connectivity index (χ1v) is 31.9. The molecule has 2 aromatic heterocycles. The van der Waals surface area contributed by atoms with E-state index in [1.54, 1.807) is 78.2 Å². The molecule has 2 heterocycles. The van der Waals surface area contributed by atoms with Crippen LogP contribution in [0.2, 0.25) is 0 Å². The third-order valence-electron chi connectivity index (χ3n) is 13.0. The lowest BCUT2D eigenvalue weighted by molar-refractivity contribution is 0.0491. The smallest absolute Gasteiger partial charge is 0.407 e.